The summed E-state index contributed by atoms with van der Waals surface area (Å²) in [7, 11) is 1.99. The van der Waals surface area contributed by atoms with Gasteiger partial charge in [-0.05, 0) is 26.0 Å². The van der Waals surface area contributed by atoms with Gasteiger partial charge in [-0.15, -0.1) is 0 Å². The van der Waals surface area contributed by atoms with Crippen LogP contribution in [0, 0.1) is 0 Å². The summed E-state index contributed by atoms with van der Waals surface area (Å²) in [4.78, 5) is 11.5. The summed E-state index contributed by atoms with van der Waals surface area (Å²) in [6.07, 6.45) is 6.93. The monoisotopic (exact) mass is 250 g/mol. The molecule has 4 heteroatoms. The summed E-state index contributed by atoms with van der Waals surface area (Å²) < 4.78 is 7.61. The number of nitrogens with one attached hydrogen (secondary N) is 1. The average molecular weight is 250 g/mol. The smallest absolute Gasteiger partial charge is 0.250 e. The lowest BCUT2D eigenvalue weighted by Crippen LogP contribution is -2.42. The van der Waals surface area contributed by atoms with Crippen LogP contribution in [-0.4, -0.2) is 30.4 Å². The van der Waals surface area contributed by atoms with Crippen molar-refractivity contribution in [1.82, 2.24) is 9.88 Å². The second kappa shape index (κ2) is 6.71. The third-order valence-electron chi connectivity index (χ3n) is 3.64. The van der Waals surface area contributed by atoms with E-state index < -0.39 is 0 Å². The number of ether oxygens (including phenoxy) is 1. The van der Waals surface area contributed by atoms with E-state index in [0.717, 1.165) is 6.42 Å². The zero-order valence-electron chi connectivity index (χ0n) is 11.0. The molecule has 4 nitrogen and oxygen atoms in total. The first-order valence-electron chi connectivity index (χ1n) is 6.75. The zero-order valence-corrected chi connectivity index (χ0v) is 11.0. The normalized spacial score (nSPS) is 24.1. The Balaban J connectivity index is 1.81. The van der Waals surface area contributed by atoms with E-state index in [2.05, 4.69) is 5.32 Å². The minimum absolute atomic E-state index is 0.0370. The minimum atomic E-state index is 0.0370. The third-order valence-corrected chi connectivity index (χ3v) is 3.64. The lowest BCUT2D eigenvalue weighted by Gasteiger charge is -2.31. The molecule has 1 saturated carbocycles. The molecule has 0 aliphatic heterocycles. The summed E-state index contributed by atoms with van der Waals surface area (Å²) >= 11 is 0. The van der Waals surface area contributed by atoms with Gasteiger partial charge in [0.15, 0.2) is 0 Å². The molecule has 18 heavy (non-hydrogen) atoms. The van der Waals surface area contributed by atoms with Crippen molar-refractivity contribution in [2.75, 3.05) is 13.7 Å². The minimum Gasteiger partial charge on any atom is -0.375 e. The molecule has 0 aromatic carbocycles. The molecule has 2 atom stereocenters. The predicted molar refractivity (Wildman–Crippen MR) is 71.8 cm³/mol. The molecule has 2 rings (SSSR count). The van der Waals surface area contributed by atoms with Crippen molar-refractivity contribution in [3.8, 4) is 0 Å². The third kappa shape index (κ3) is 3.43. The number of pyridine rings is 1. The molecular formula is C14H22N2O2. The van der Waals surface area contributed by atoms with Crippen LogP contribution >= 0.6 is 0 Å². The second-order valence-electron chi connectivity index (χ2n) is 4.82. The van der Waals surface area contributed by atoms with Crippen LogP contribution in [0.2, 0.25) is 0 Å². The first kappa shape index (κ1) is 13.3. The van der Waals surface area contributed by atoms with E-state index in [-0.39, 0.29) is 5.56 Å². The highest BCUT2D eigenvalue weighted by molar-refractivity contribution is 4.93. The molecular weight excluding hydrogens is 228 g/mol. The van der Waals surface area contributed by atoms with Gasteiger partial charge in [-0.3, -0.25) is 4.79 Å². The molecule has 1 N–H and O–H groups in total. The molecule has 0 saturated heterocycles. The molecule has 1 aliphatic carbocycles. The fourth-order valence-electron chi connectivity index (χ4n) is 2.57. The van der Waals surface area contributed by atoms with Crippen LogP contribution < -0.4 is 10.9 Å². The number of rotatable bonds is 5. The van der Waals surface area contributed by atoms with Crippen LogP contribution in [0.5, 0.6) is 0 Å². The van der Waals surface area contributed by atoms with Crippen molar-refractivity contribution in [3.05, 3.63) is 34.7 Å². The maximum Gasteiger partial charge on any atom is 0.250 e. The van der Waals surface area contributed by atoms with Crippen molar-refractivity contribution < 1.29 is 4.74 Å². The van der Waals surface area contributed by atoms with Gasteiger partial charge in [0.2, 0.25) is 0 Å². The molecule has 0 radical (unpaired) electrons. The summed E-state index contributed by atoms with van der Waals surface area (Å²) in [6.45, 7) is 1.24. The molecule has 1 aliphatic rings. The average Bonchev–Trinajstić information content (AvgIpc) is 2.41. The van der Waals surface area contributed by atoms with Crippen molar-refractivity contribution in [2.24, 2.45) is 0 Å². The Hall–Kier alpha value is -1.13. The molecule has 2 unspecified atom stereocenters. The fraction of sp³-hybridized carbons (Fsp3) is 0.643. The first-order valence-corrected chi connectivity index (χ1v) is 6.75. The summed E-state index contributed by atoms with van der Waals surface area (Å²) in [5, 5.41) is 3.32. The Kier molecular flexibility index (Phi) is 4.96. The molecule has 1 aromatic heterocycles. The number of aromatic nitrogens is 1. The Labute approximate surface area is 108 Å². The van der Waals surface area contributed by atoms with E-state index in [4.69, 9.17) is 4.74 Å². The molecule has 100 valence electrons. The lowest BCUT2D eigenvalue weighted by molar-refractivity contribution is 0.00313. The van der Waals surface area contributed by atoms with Crippen molar-refractivity contribution >= 4 is 0 Å². The van der Waals surface area contributed by atoms with Gasteiger partial charge in [0.05, 0.1) is 12.7 Å². The molecule has 1 heterocycles. The standard InChI is InChI=1S/C14H22N2O2/c1-15-12-6-2-3-7-13(12)18-11-10-16-9-5-4-8-14(16)17/h4-5,8-9,12-13,15H,2-3,6-7,10-11H2,1H3. The molecule has 0 spiro atoms. The van der Waals surface area contributed by atoms with Crippen LogP contribution in [0.3, 0.4) is 0 Å². The number of likely N-dealkylation sites (N-methyl/N-ethyl adjacent to an activating group) is 1. The number of nitrogens with zero attached hydrogens (tertiary/aromatic N) is 1. The maximum absolute atomic E-state index is 11.5. The largest absolute Gasteiger partial charge is 0.375 e. The Morgan fingerprint density at radius 2 is 2.22 bits per heavy atom. The topological polar surface area (TPSA) is 43.3 Å². The van der Waals surface area contributed by atoms with Gasteiger partial charge in [-0.2, -0.15) is 0 Å². The second-order valence-corrected chi connectivity index (χ2v) is 4.82. The fourth-order valence-corrected chi connectivity index (χ4v) is 2.57. The summed E-state index contributed by atoms with van der Waals surface area (Å²) in [5.74, 6) is 0. The Bertz CT molecular complexity index is 416. The van der Waals surface area contributed by atoms with E-state index in [9.17, 15) is 4.79 Å². The van der Waals surface area contributed by atoms with Gasteiger partial charge < -0.3 is 14.6 Å². The van der Waals surface area contributed by atoms with Gasteiger partial charge in [0.25, 0.3) is 5.56 Å². The van der Waals surface area contributed by atoms with Crippen LogP contribution in [0.1, 0.15) is 25.7 Å². The quantitative estimate of drug-likeness (QED) is 0.859. The SMILES string of the molecule is CNC1CCCCC1OCCn1ccccc1=O. The highest BCUT2D eigenvalue weighted by Gasteiger charge is 2.23. The lowest BCUT2D eigenvalue weighted by atomic mass is 9.92. The van der Waals surface area contributed by atoms with Crippen molar-refractivity contribution in [2.45, 2.75) is 44.4 Å². The molecule has 1 fully saturated rings. The van der Waals surface area contributed by atoms with Gasteiger partial charge in [0, 0.05) is 24.8 Å². The highest BCUT2D eigenvalue weighted by atomic mass is 16.5. The molecule has 0 amide bonds. The Morgan fingerprint density at radius 3 is 3.00 bits per heavy atom. The maximum atomic E-state index is 11.5. The summed E-state index contributed by atoms with van der Waals surface area (Å²) in [6, 6.07) is 5.68. The van der Waals surface area contributed by atoms with E-state index in [1.54, 1.807) is 16.7 Å². The number of hydrogen-bond donors (Lipinski definition) is 1. The van der Waals surface area contributed by atoms with Gasteiger partial charge in [-0.25, -0.2) is 0 Å². The van der Waals surface area contributed by atoms with Crippen molar-refractivity contribution in [3.63, 3.8) is 0 Å². The highest BCUT2D eigenvalue weighted by Crippen LogP contribution is 2.20. The zero-order chi connectivity index (χ0) is 12.8. The molecule has 0 bridgehead atoms. The van der Waals surface area contributed by atoms with Crippen molar-refractivity contribution in [1.29, 1.82) is 0 Å². The van der Waals surface area contributed by atoms with Crippen LogP contribution in [0.4, 0.5) is 0 Å². The first-order chi connectivity index (χ1) is 8.81. The predicted octanol–water partition coefficient (Wildman–Crippen LogP) is 1.40. The van der Waals surface area contributed by atoms with E-state index in [0.29, 0.717) is 25.3 Å². The van der Waals surface area contributed by atoms with Crippen LogP contribution in [0.25, 0.3) is 0 Å². The molecule has 1 aromatic rings. The summed E-state index contributed by atoms with van der Waals surface area (Å²) in [5.41, 5.74) is 0.0370. The van der Waals surface area contributed by atoms with Gasteiger partial charge in [0.1, 0.15) is 0 Å². The number of hydrogen-bond acceptors (Lipinski definition) is 3. The van der Waals surface area contributed by atoms with E-state index in [1.807, 2.05) is 19.3 Å². The van der Waals surface area contributed by atoms with Crippen LogP contribution in [-0.2, 0) is 11.3 Å². The van der Waals surface area contributed by atoms with Gasteiger partial charge >= 0.3 is 0 Å². The van der Waals surface area contributed by atoms with E-state index in [1.165, 1.54) is 19.3 Å². The van der Waals surface area contributed by atoms with Gasteiger partial charge in [-0.1, -0.05) is 18.9 Å². The van der Waals surface area contributed by atoms with E-state index >= 15 is 0 Å². The van der Waals surface area contributed by atoms with Crippen LogP contribution in [0.15, 0.2) is 29.2 Å². The Morgan fingerprint density at radius 1 is 1.39 bits per heavy atom.